The summed E-state index contributed by atoms with van der Waals surface area (Å²) in [7, 11) is -11.9. The maximum Gasteiger partial charge on any atom is 0.506 e. The van der Waals surface area contributed by atoms with Crippen LogP contribution in [0.4, 0.5) is 28.2 Å². The van der Waals surface area contributed by atoms with Gasteiger partial charge in [0.15, 0.2) is 0 Å². The molecule has 114 valence electrons. The van der Waals surface area contributed by atoms with E-state index >= 15 is 0 Å². The van der Waals surface area contributed by atoms with Gasteiger partial charge >= 0.3 is 15.5 Å². The molecule has 0 aliphatic carbocycles. The smallest absolute Gasteiger partial charge is 0.229 e. The molecule has 0 saturated carbocycles. The predicted octanol–water partition coefficient (Wildman–Crippen LogP) is 4.45. The van der Waals surface area contributed by atoms with E-state index in [0.717, 1.165) is 12.1 Å². The summed E-state index contributed by atoms with van der Waals surface area (Å²) in [5.41, 5.74) is -1.25. The van der Waals surface area contributed by atoms with Crippen LogP contribution in [0.5, 0.6) is 0 Å². The Balaban J connectivity index is 3.56. The van der Waals surface area contributed by atoms with Gasteiger partial charge in [0.1, 0.15) is 5.82 Å². The van der Waals surface area contributed by atoms with Gasteiger partial charge in [0.2, 0.25) is 0 Å². The highest BCUT2D eigenvalue weighted by Gasteiger charge is 2.54. The zero-order chi connectivity index (χ0) is 15.4. The fourth-order valence-electron chi connectivity index (χ4n) is 1.15. The summed E-state index contributed by atoms with van der Waals surface area (Å²) in [4.78, 5) is 0. The van der Waals surface area contributed by atoms with Crippen molar-refractivity contribution in [1.29, 1.82) is 0 Å². The van der Waals surface area contributed by atoms with Crippen LogP contribution in [-0.4, -0.2) is 0 Å². The summed E-state index contributed by atoms with van der Waals surface area (Å²) in [5.74, 6) is -1.45. The van der Waals surface area contributed by atoms with E-state index in [1.54, 1.807) is 0 Å². The van der Waals surface area contributed by atoms with Gasteiger partial charge in [-0.3, -0.25) is 0 Å². The number of para-hydroxylation sites is 1. The van der Waals surface area contributed by atoms with E-state index in [1.165, 1.54) is 0 Å². The SMILES string of the molecule is O=P(OF)(OF)N(c1ccccc1F)P(=O)(OF)OF. The molecule has 1 aromatic carbocycles. The normalized spacial score (nSPS) is 12.4. The molecule has 0 unspecified atom stereocenters. The molecule has 0 atom stereocenters. The Morgan fingerprint density at radius 1 is 0.850 bits per heavy atom. The number of benzene rings is 1. The minimum Gasteiger partial charge on any atom is -0.229 e. The van der Waals surface area contributed by atoms with Gasteiger partial charge in [0.05, 0.1) is 5.69 Å². The third-order valence-electron chi connectivity index (χ3n) is 1.88. The molecule has 0 bridgehead atoms. The molecule has 7 nitrogen and oxygen atoms in total. The summed E-state index contributed by atoms with van der Waals surface area (Å²) in [6.45, 7) is 0. The van der Waals surface area contributed by atoms with Gasteiger partial charge in [0, 0.05) is 0 Å². The molecule has 0 aromatic heterocycles. The van der Waals surface area contributed by atoms with Crippen LogP contribution in [0.15, 0.2) is 24.3 Å². The van der Waals surface area contributed by atoms with Crippen LogP contribution in [0, 0.1) is 5.82 Å². The van der Waals surface area contributed by atoms with E-state index in [9.17, 15) is 31.6 Å². The maximum atomic E-state index is 13.4. The van der Waals surface area contributed by atoms with Gasteiger partial charge in [-0.05, 0) is 30.2 Å². The number of hydrogen-bond acceptors (Lipinski definition) is 6. The summed E-state index contributed by atoms with van der Waals surface area (Å²) >= 11 is 0. The second-order valence-corrected chi connectivity index (χ2v) is 6.50. The van der Waals surface area contributed by atoms with Crippen molar-refractivity contribution in [3.63, 3.8) is 0 Å². The van der Waals surface area contributed by atoms with Crippen LogP contribution in [-0.2, 0) is 28.0 Å². The van der Waals surface area contributed by atoms with Crippen molar-refractivity contribution in [3.05, 3.63) is 30.1 Å². The predicted molar refractivity (Wildman–Crippen MR) is 52.9 cm³/mol. The quantitative estimate of drug-likeness (QED) is 0.535. The fraction of sp³-hybridized carbons (Fsp3) is 0. The molecule has 1 aromatic rings. The molecule has 0 aliphatic heterocycles. The molecule has 0 aliphatic rings. The molecule has 0 heterocycles. The van der Waals surface area contributed by atoms with Gasteiger partial charge in [0.25, 0.3) is 0 Å². The lowest BCUT2D eigenvalue weighted by Gasteiger charge is -2.27. The third-order valence-corrected chi connectivity index (χ3v) is 5.25. The zero-order valence-electron chi connectivity index (χ0n) is 8.99. The lowest BCUT2D eigenvalue weighted by Crippen LogP contribution is -2.19. The van der Waals surface area contributed by atoms with Gasteiger partial charge in [-0.25, -0.2) is 13.5 Å². The monoisotopic (exact) mass is 343 g/mol. The van der Waals surface area contributed by atoms with Crippen LogP contribution in [0.2, 0.25) is 0 Å². The average molecular weight is 343 g/mol. The Bertz CT molecular complexity index is 518. The van der Waals surface area contributed by atoms with Crippen LogP contribution < -0.4 is 4.44 Å². The van der Waals surface area contributed by atoms with Crippen LogP contribution >= 0.6 is 15.5 Å². The second kappa shape index (κ2) is 6.61. The number of halogens is 5. The van der Waals surface area contributed by atoms with E-state index in [1.807, 2.05) is 0 Å². The highest BCUT2D eigenvalue weighted by Crippen LogP contribution is 2.70. The first-order valence-electron chi connectivity index (χ1n) is 4.35. The largest absolute Gasteiger partial charge is 0.506 e. The van der Waals surface area contributed by atoms with Gasteiger partial charge in [-0.2, -0.15) is 4.44 Å². The Morgan fingerprint density at radius 3 is 1.60 bits per heavy atom. The first kappa shape index (κ1) is 17.0. The molecule has 1 rings (SSSR count). The zero-order valence-corrected chi connectivity index (χ0v) is 10.8. The molecule has 14 heteroatoms. The highest BCUT2D eigenvalue weighted by atomic mass is 31.3. The second-order valence-electron chi connectivity index (χ2n) is 2.95. The van der Waals surface area contributed by atoms with Gasteiger partial charge in [-0.15, -0.1) is 0 Å². The molecule has 0 saturated heterocycles. The number of rotatable bonds is 7. The number of nitrogens with zero attached hydrogens (tertiary/aromatic N) is 1. The van der Waals surface area contributed by atoms with Crippen molar-refractivity contribution in [1.82, 2.24) is 0 Å². The first-order valence-corrected chi connectivity index (χ1v) is 7.34. The van der Waals surface area contributed by atoms with Crippen molar-refractivity contribution in [2.24, 2.45) is 0 Å². The van der Waals surface area contributed by atoms with Crippen molar-refractivity contribution < 1.29 is 50.5 Å². The molecule has 0 amide bonds. The average Bonchev–Trinajstić information content (AvgIpc) is 2.48. The molecule has 0 N–H and O–H groups in total. The molecule has 20 heavy (non-hydrogen) atoms. The molecule has 0 spiro atoms. The fourth-order valence-corrected chi connectivity index (χ4v) is 3.68. The minimum atomic E-state index is -5.93. The maximum absolute atomic E-state index is 13.4. The van der Waals surface area contributed by atoms with Crippen molar-refractivity contribution >= 4 is 21.2 Å². The molecular formula is C6H4F5NO6P2. The van der Waals surface area contributed by atoms with Crippen molar-refractivity contribution in [2.45, 2.75) is 0 Å². The van der Waals surface area contributed by atoms with E-state index in [-0.39, 0.29) is 0 Å². The third kappa shape index (κ3) is 3.00. The van der Waals surface area contributed by atoms with Gasteiger partial charge < -0.3 is 0 Å². The number of hydrogen-bond donors (Lipinski definition) is 0. The van der Waals surface area contributed by atoms with Gasteiger partial charge in [-0.1, -0.05) is 31.0 Å². The molecular weight excluding hydrogens is 339 g/mol. The minimum absolute atomic E-state index is 0.588. The first-order chi connectivity index (χ1) is 9.38. The Hall–Kier alpha value is -1.03. The van der Waals surface area contributed by atoms with Crippen molar-refractivity contribution in [2.75, 3.05) is 4.44 Å². The Labute approximate surface area is 107 Å². The summed E-state index contributed by atoms with van der Waals surface area (Å²) in [5, 5.41) is 0. The lowest BCUT2D eigenvalue weighted by molar-refractivity contribution is -0.0985. The van der Waals surface area contributed by atoms with E-state index < -0.39 is 31.4 Å². The summed E-state index contributed by atoms with van der Waals surface area (Å²) in [6.07, 6.45) is 0. The van der Waals surface area contributed by atoms with Crippen molar-refractivity contribution in [3.8, 4) is 0 Å². The lowest BCUT2D eigenvalue weighted by atomic mass is 10.3. The summed E-state index contributed by atoms with van der Waals surface area (Å²) < 4.78 is 94.3. The van der Waals surface area contributed by atoms with E-state index in [4.69, 9.17) is 0 Å². The topological polar surface area (TPSA) is 74.3 Å². The molecule has 0 fully saturated rings. The van der Waals surface area contributed by atoms with E-state index in [2.05, 4.69) is 18.9 Å². The van der Waals surface area contributed by atoms with Crippen LogP contribution in [0.3, 0.4) is 0 Å². The van der Waals surface area contributed by atoms with Crippen LogP contribution in [0.1, 0.15) is 0 Å². The number of anilines is 1. The highest BCUT2D eigenvalue weighted by molar-refractivity contribution is 7.74. The van der Waals surface area contributed by atoms with Crippen LogP contribution in [0.25, 0.3) is 0 Å². The van der Waals surface area contributed by atoms with E-state index in [0.29, 0.717) is 12.1 Å². The Morgan fingerprint density at radius 2 is 1.25 bits per heavy atom. The standard InChI is InChI=1S/C6H4F5NO6P2/c7-5-3-1-2-4-6(5)12(19(13,15-8)16-9)20(14,17-10)18-11/h1-4H. The Kier molecular flexibility index (Phi) is 5.63. The summed E-state index contributed by atoms with van der Waals surface area (Å²) in [6, 6.07) is 3.23. The molecule has 0 radical (unpaired) electrons.